The van der Waals surface area contributed by atoms with Gasteiger partial charge in [-0.1, -0.05) is 13.8 Å². The molecule has 0 bridgehead atoms. The first-order valence-corrected chi connectivity index (χ1v) is 9.62. The lowest BCUT2D eigenvalue weighted by Gasteiger charge is -2.11. The van der Waals surface area contributed by atoms with E-state index in [1.54, 1.807) is 12.1 Å². The molecule has 0 atom stereocenters. The van der Waals surface area contributed by atoms with Gasteiger partial charge in [-0.05, 0) is 37.1 Å². The van der Waals surface area contributed by atoms with Crippen molar-refractivity contribution < 1.29 is 23.9 Å². The number of carbonyl (C=O) groups excluding carboxylic acids is 1. The zero-order chi connectivity index (χ0) is 21.8. The fourth-order valence-corrected chi connectivity index (χ4v) is 2.29. The zero-order valence-corrected chi connectivity index (χ0v) is 17.0. The van der Waals surface area contributed by atoms with Crippen molar-refractivity contribution in [2.45, 2.75) is 26.7 Å². The maximum absolute atomic E-state index is 11.9. The summed E-state index contributed by atoms with van der Waals surface area (Å²) in [5.74, 6) is 1.20. The molecule has 2 rings (SSSR count). The molecule has 1 N–H and O–H groups in total. The number of hydrogen-bond donors (Lipinski definition) is 1. The van der Waals surface area contributed by atoms with Crippen LogP contribution in [0.4, 0.5) is 5.69 Å². The quantitative estimate of drug-likeness (QED) is 0.321. The average molecular weight is 415 g/mol. The molecule has 0 aliphatic heterocycles. The molecular weight excluding hydrogens is 390 g/mol. The Morgan fingerprint density at radius 2 is 1.70 bits per heavy atom. The van der Waals surface area contributed by atoms with Crippen LogP contribution in [0.25, 0.3) is 0 Å². The van der Waals surface area contributed by atoms with Gasteiger partial charge in [0.25, 0.3) is 11.6 Å². The number of ether oxygens (including phenoxy) is 3. The van der Waals surface area contributed by atoms with Crippen LogP contribution in [0.1, 0.15) is 32.3 Å². The van der Waals surface area contributed by atoms with Crippen LogP contribution in [0.5, 0.6) is 17.2 Å². The zero-order valence-electron chi connectivity index (χ0n) is 17.0. The van der Waals surface area contributed by atoms with E-state index < -0.39 is 10.8 Å². The molecule has 9 heteroatoms. The van der Waals surface area contributed by atoms with Gasteiger partial charge < -0.3 is 14.2 Å². The van der Waals surface area contributed by atoms with Crippen molar-refractivity contribution in [3.05, 3.63) is 58.1 Å². The summed E-state index contributed by atoms with van der Waals surface area (Å²) in [6.45, 7) is 4.93. The summed E-state index contributed by atoms with van der Waals surface area (Å²) >= 11 is 0. The fourth-order valence-electron chi connectivity index (χ4n) is 2.29. The molecule has 0 radical (unpaired) electrons. The third-order valence-corrected chi connectivity index (χ3v) is 3.73. The molecule has 0 saturated carbocycles. The Bertz CT molecular complexity index is 868. The maximum Gasteiger partial charge on any atom is 0.277 e. The number of amides is 1. The molecule has 9 nitrogen and oxygen atoms in total. The van der Waals surface area contributed by atoms with Crippen LogP contribution < -0.4 is 19.6 Å². The number of nitro benzene ring substituents is 1. The topological polar surface area (TPSA) is 112 Å². The Morgan fingerprint density at radius 1 is 1.03 bits per heavy atom. The molecule has 0 aliphatic carbocycles. The molecule has 0 heterocycles. The molecule has 0 saturated heterocycles. The Labute approximate surface area is 174 Å². The normalized spacial score (nSPS) is 10.6. The minimum absolute atomic E-state index is 0.0522. The van der Waals surface area contributed by atoms with E-state index in [1.165, 1.54) is 30.5 Å². The van der Waals surface area contributed by atoms with Gasteiger partial charge in [-0.25, -0.2) is 5.43 Å². The first-order chi connectivity index (χ1) is 14.5. The number of nitro groups is 1. The van der Waals surface area contributed by atoms with Gasteiger partial charge in [0.1, 0.15) is 17.2 Å². The molecule has 0 aromatic heterocycles. The van der Waals surface area contributed by atoms with Crippen molar-refractivity contribution in [2.24, 2.45) is 5.10 Å². The van der Waals surface area contributed by atoms with Gasteiger partial charge in [-0.15, -0.1) is 0 Å². The van der Waals surface area contributed by atoms with Crippen molar-refractivity contribution in [3.63, 3.8) is 0 Å². The summed E-state index contributed by atoms with van der Waals surface area (Å²) < 4.78 is 16.6. The molecule has 0 spiro atoms. The van der Waals surface area contributed by atoms with Crippen LogP contribution in [0.3, 0.4) is 0 Å². The smallest absolute Gasteiger partial charge is 0.277 e. The molecule has 2 aromatic rings. The molecule has 30 heavy (non-hydrogen) atoms. The summed E-state index contributed by atoms with van der Waals surface area (Å²) in [6.07, 6.45) is 3.24. The first-order valence-electron chi connectivity index (χ1n) is 9.62. The number of rotatable bonds is 12. The van der Waals surface area contributed by atoms with Gasteiger partial charge in [0.05, 0.1) is 24.4 Å². The largest absolute Gasteiger partial charge is 0.493 e. The summed E-state index contributed by atoms with van der Waals surface area (Å²) in [4.78, 5) is 22.0. The SMILES string of the molecule is CCCOc1ccc(/C=N/NC(=O)COc2ccc([N+](=O)[O-])cc2)c(OCCC)c1. The monoisotopic (exact) mass is 415 g/mol. The highest BCUT2D eigenvalue weighted by atomic mass is 16.6. The Morgan fingerprint density at radius 3 is 2.37 bits per heavy atom. The van der Waals surface area contributed by atoms with E-state index in [0.29, 0.717) is 36.0 Å². The summed E-state index contributed by atoms with van der Waals surface area (Å²) in [5.41, 5.74) is 3.02. The van der Waals surface area contributed by atoms with Crippen LogP contribution in [-0.4, -0.2) is 36.9 Å². The molecular formula is C21H25N3O6. The van der Waals surface area contributed by atoms with Crippen LogP contribution in [0, 0.1) is 10.1 Å². The van der Waals surface area contributed by atoms with E-state index in [0.717, 1.165) is 12.8 Å². The van der Waals surface area contributed by atoms with Crippen LogP contribution in [0.2, 0.25) is 0 Å². The number of nitrogens with one attached hydrogen (secondary N) is 1. The van der Waals surface area contributed by atoms with Gasteiger partial charge in [-0.2, -0.15) is 5.10 Å². The van der Waals surface area contributed by atoms with Gasteiger partial charge in [0.15, 0.2) is 6.61 Å². The number of nitrogens with zero attached hydrogens (tertiary/aromatic N) is 2. The van der Waals surface area contributed by atoms with Crippen molar-refractivity contribution in [1.29, 1.82) is 0 Å². The number of hydrazone groups is 1. The molecule has 160 valence electrons. The third-order valence-electron chi connectivity index (χ3n) is 3.73. The van der Waals surface area contributed by atoms with E-state index in [2.05, 4.69) is 10.5 Å². The summed E-state index contributed by atoms with van der Waals surface area (Å²) in [6, 6.07) is 10.9. The van der Waals surface area contributed by atoms with E-state index in [1.807, 2.05) is 19.9 Å². The molecule has 1 amide bonds. The second kappa shape index (κ2) is 12.1. The second-order valence-corrected chi connectivity index (χ2v) is 6.23. The predicted molar refractivity (Wildman–Crippen MR) is 112 cm³/mol. The first kappa shape index (κ1) is 22.7. The standard InChI is InChI=1S/C21H25N3O6/c1-3-11-28-19-8-5-16(20(13-19)29-12-4-2)14-22-23-21(25)15-30-18-9-6-17(7-10-18)24(26)27/h5-10,13-14H,3-4,11-12,15H2,1-2H3,(H,23,25)/b22-14+. The lowest BCUT2D eigenvalue weighted by Crippen LogP contribution is -2.24. The van der Waals surface area contributed by atoms with Gasteiger partial charge in [-0.3, -0.25) is 14.9 Å². The third kappa shape index (κ3) is 7.42. The van der Waals surface area contributed by atoms with Gasteiger partial charge in [0, 0.05) is 23.8 Å². The van der Waals surface area contributed by atoms with Crippen molar-refractivity contribution in [3.8, 4) is 17.2 Å². The number of benzene rings is 2. The van der Waals surface area contributed by atoms with Crippen LogP contribution in [-0.2, 0) is 4.79 Å². The highest BCUT2D eigenvalue weighted by molar-refractivity contribution is 5.85. The molecule has 0 aliphatic rings. The lowest BCUT2D eigenvalue weighted by atomic mass is 10.2. The molecule has 0 unspecified atom stereocenters. The molecule has 0 fully saturated rings. The van der Waals surface area contributed by atoms with E-state index in [-0.39, 0.29) is 12.3 Å². The fraction of sp³-hybridized carbons (Fsp3) is 0.333. The van der Waals surface area contributed by atoms with E-state index in [4.69, 9.17) is 14.2 Å². The molecule has 2 aromatic carbocycles. The van der Waals surface area contributed by atoms with Gasteiger partial charge >= 0.3 is 0 Å². The number of carbonyl (C=O) groups is 1. The van der Waals surface area contributed by atoms with E-state index in [9.17, 15) is 14.9 Å². The average Bonchev–Trinajstić information content (AvgIpc) is 2.76. The van der Waals surface area contributed by atoms with Crippen molar-refractivity contribution in [2.75, 3.05) is 19.8 Å². The number of non-ortho nitro benzene ring substituents is 1. The van der Waals surface area contributed by atoms with Crippen molar-refractivity contribution >= 4 is 17.8 Å². The Kier molecular flexibility index (Phi) is 9.11. The Balaban J connectivity index is 1.90. The predicted octanol–water partition coefficient (Wildman–Crippen LogP) is 3.70. The minimum atomic E-state index is -0.508. The van der Waals surface area contributed by atoms with E-state index >= 15 is 0 Å². The summed E-state index contributed by atoms with van der Waals surface area (Å²) in [5, 5.41) is 14.6. The Hall–Kier alpha value is -3.62. The minimum Gasteiger partial charge on any atom is -0.493 e. The lowest BCUT2D eigenvalue weighted by molar-refractivity contribution is -0.384. The van der Waals surface area contributed by atoms with Gasteiger partial charge in [0.2, 0.25) is 0 Å². The highest BCUT2D eigenvalue weighted by Crippen LogP contribution is 2.24. The van der Waals surface area contributed by atoms with Crippen LogP contribution in [0.15, 0.2) is 47.6 Å². The van der Waals surface area contributed by atoms with Crippen LogP contribution >= 0.6 is 0 Å². The summed E-state index contributed by atoms with van der Waals surface area (Å²) in [7, 11) is 0. The maximum atomic E-state index is 11.9. The second-order valence-electron chi connectivity index (χ2n) is 6.23. The number of hydrogen-bond acceptors (Lipinski definition) is 7. The van der Waals surface area contributed by atoms with Crippen molar-refractivity contribution in [1.82, 2.24) is 5.43 Å². The highest BCUT2D eigenvalue weighted by Gasteiger charge is 2.07.